The molecule has 1 amide bonds. The van der Waals surface area contributed by atoms with Gasteiger partial charge in [-0.15, -0.1) is 11.3 Å². The van der Waals surface area contributed by atoms with Crippen molar-refractivity contribution in [1.29, 1.82) is 0 Å². The van der Waals surface area contributed by atoms with E-state index in [9.17, 15) is 9.90 Å². The number of benzene rings is 1. The second-order valence-corrected chi connectivity index (χ2v) is 17.3. The Morgan fingerprint density at radius 2 is 2.03 bits per heavy atom. The van der Waals surface area contributed by atoms with Crippen LogP contribution in [0.3, 0.4) is 0 Å². The van der Waals surface area contributed by atoms with Gasteiger partial charge in [0, 0.05) is 62.6 Å². The van der Waals surface area contributed by atoms with Crippen molar-refractivity contribution in [2.24, 2.45) is 0 Å². The minimum Gasteiger partial charge on any atom is -0.493 e. The van der Waals surface area contributed by atoms with Crippen LogP contribution in [0.1, 0.15) is 41.6 Å². The van der Waals surface area contributed by atoms with Gasteiger partial charge in [-0.05, 0) is 38.1 Å². The van der Waals surface area contributed by atoms with Gasteiger partial charge >= 0.3 is 0 Å². The molecule has 4 rings (SSSR count). The maximum absolute atomic E-state index is 13.5. The summed E-state index contributed by atoms with van der Waals surface area (Å²) in [5.41, 5.74) is 3.57. The van der Waals surface area contributed by atoms with E-state index in [0.717, 1.165) is 33.1 Å². The molecule has 0 aliphatic rings. The highest BCUT2D eigenvalue weighted by molar-refractivity contribution is 7.13. The lowest BCUT2D eigenvalue weighted by molar-refractivity contribution is 0.0781. The molecule has 0 aliphatic heterocycles. The van der Waals surface area contributed by atoms with Gasteiger partial charge in [0.05, 0.1) is 35.7 Å². The molecule has 1 unspecified atom stereocenters. The van der Waals surface area contributed by atoms with E-state index in [1.807, 2.05) is 18.4 Å². The van der Waals surface area contributed by atoms with Crippen molar-refractivity contribution in [3.63, 3.8) is 0 Å². The molecule has 3 heterocycles. The highest BCUT2D eigenvalue weighted by Crippen LogP contribution is 2.33. The molecule has 0 fully saturated rings. The number of amides is 1. The number of nitrogens with zero attached hydrogens (tertiary/aromatic N) is 5. The number of aliphatic hydroxyl groups excluding tert-OH is 1. The molecule has 39 heavy (non-hydrogen) atoms. The van der Waals surface area contributed by atoms with E-state index in [1.165, 1.54) is 11.3 Å². The van der Waals surface area contributed by atoms with E-state index in [2.05, 4.69) is 34.7 Å². The molecule has 208 valence electrons. The molecule has 9 nitrogen and oxygen atoms in total. The molecule has 4 aromatic rings. The smallest absolute Gasteiger partial charge is 0.254 e. The molecule has 3 aromatic heterocycles. The van der Waals surface area contributed by atoms with Crippen LogP contribution < -0.4 is 4.74 Å². The second kappa shape index (κ2) is 12.4. The van der Waals surface area contributed by atoms with E-state index in [1.54, 1.807) is 54.3 Å². The van der Waals surface area contributed by atoms with Crippen LogP contribution in [0.5, 0.6) is 5.75 Å². The number of hydrogen-bond acceptors (Lipinski definition) is 8. The number of aromatic nitrogens is 4. The molecule has 11 heteroatoms. The van der Waals surface area contributed by atoms with Crippen LogP contribution in [-0.2, 0) is 18.0 Å². The van der Waals surface area contributed by atoms with Crippen LogP contribution in [0, 0.1) is 0 Å². The molecule has 1 N–H and O–H groups in total. The first-order chi connectivity index (χ1) is 18.6. The van der Waals surface area contributed by atoms with E-state index >= 15 is 0 Å². The number of aliphatic hydroxyl groups is 1. The van der Waals surface area contributed by atoms with Crippen molar-refractivity contribution in [3.05, 3.63) is 59.0 Å². The van der Waals surface area contributed by atoms with Gasteiger partial charge in [-0.2, -0.15) is 5.10 Å². The van der Waals surface area contributed by atoms with Gasteiger partial charge in [0.1, 0.15) is 17.5 Å². The van der Waals surface area contributed by atoms with Crippen LogP contribution in [0.15, 0.2) is 42.2 Å². The molecule has 1 aromatic carbocycles. The van der Waals surface area contributed by atoms with Crippen molar-refractivity contribution in [2.45, 2.75) is 58.9 Å². The first kappa shape index (κ1) is 28.9. The van der Waals surface area contributed by atoms with E-state index in [4.69, 9.17) is 9.47 Å². The van der Waals surface area contributed by atoms with Gasteiger partial charge in [-0.25, -0.2) is 9.67 Å². The van der Waals surface area contributed by atoms with Crippen molar-refractivity contribution in [2.75, 3.05) is 20.3 Å². The summed E-state index contributed by atoms with van der Waals surface area (Å²) in [6.45, 7) is 12.3. The lowest BCUT2D eigenvalue weighted by Crippen LogP contribution is -2.27. The fraction of sp³-hybridized carbons (Fsp3) is 0.429. The number of rotatable bonds is 12. The second-order valence-electron chi connectivity index (χ2n) is 10.7. The zero-order valence-corrected chi connectivity index (χ0v) is 25.3. The average Bonchev–Trinajstić information content (AvgIpc) is 3.57. The first-order valence-electron chi connectivity index (χ1n) is 13.1. The molecule has 0 radical (unpaired) electrons. The molecule has 0 saturated heterocycles. The molecule has 1 atom stereocenters. The maximum atomic E-state index is 13.5. The van der Waals surface area contributed by atoms with Gasteiger partial charge in [0.15, 0.2) is 0 Å². The maximum Gasteiger partial charge on any atom is 0.254 e. The quantitative estimate of drug-likeness (QED) is 0.176. The Kier molecular flexibility index (Phi) is 9.16. The summed E-state index contributed by atoms with van der Waals surface area (Å²) in [7, 11) is 0.544. The SMILES string of the molecule is CCOc1cc(C(=O)N(C)Cc2cnc(C(C)O)c3cnn(COCC[Si](C)(C)C)c23)ccc1-c1nccs1. The Labute approximate surface area is 234 Å². The minimum absolute atomic E-state index is 0.146. The summed E-state index contributed by atoms with van der Waals surface area (Å²) in [6.07, 6.45) is 4.43. The fourth-order valence-electron chi connectivity index (χ4n) is 4.28. The molecule has 0 spiro atoms. The summed E-state index contributed by atoms with van der Waals surface area (Å²) in [5, 5.41) is 18.3. The largest absolute Gasteiger partial charge is 0.493 e. The Hall–Kier alpha value is -3.12. The average molecular weight is 568 g/mol. The highest BCUT2D eigenvalue weighted by atomic mass is 32.1. The molecule has 0 aliphatic carbocycles. The monoisotopic (exact) mass is 567 g/mol. The zero-order valence-electron chi connectivity index (χ0n) is 23.5. The Balaban J connectivity index is 1.59. The van der Waals surface area contributed by atoms with Gasteiger partial charge in [-0.3, -0.25) is 9.78 Å². The van der Waals surface area contributed by atoms with Gasteiger partial charge < -0.3 is 19.5 Å². The Morgan fingerprint density at radius 1 is 1.23 bits per heavy atom. The van der Waals surface area contributed by atoms with Crippen molar-refractivity contribution >= 4 is 36.2 Å². The van der Waals surface area contributed by atoms with E-state index < -0.39 is 14.2 Å². The summed E-state index contributed by atoms with van der Waals surface area (Å²) in [5.74, 6) is 0.484. The van der Waals surface area contributed by atoms with Crippen molar-refractivity contribution in [1.82, 2.24) is 24.6 Å². The summed E-state index contributed by atoms with van der Waals surface area (Å²) >= 11 is 1.52. The predicted octanol–water partition coefficient (Wildman–Crippen LogP) is 5.59. The Morgan fingerprint density at radius 3 is 2.69 bits per heavy atom. The van der Waals surface area contributed by atoms with Crippen LogP contribution in [0.25, 0.3) is 21.5 Å². The van der Waals surface area contributed by atoms with Crippen LogP contribution in [-0.4, -0.2) is 64.0 Å². The molecule has 0 saturated carbocycles. The predicted molar refractivity (Wildman–Crippen MR) is 157 cm³/mol. The lowest BCUT2D eigenvalue weighted by Gasteiger charge is -2.20. The van der Waals surface area contributed by atoms with Crippen LogP contribution in [0.4, 0.5) is 0 Å². The van der Waals surface area contributed by atoms with Gasteiger partial charge in [-0.1, -0.05) is 19.6 Å². The summed E-state index contributed by atoms with van der Waals surface area (Å²) < 4.78 is 13.6. The molecular formula is C28H37N5O4SSi. The number of ether oxygens (including phenoxy) is 2. The van der Waals surface area contributed by atoms with E-state index in [-0.39, 0.29) is 12.6 Å². The number of pyridine rings is 1. The summed E-state index contributed by atoms with van der Waals surface area (Å²) in [4.78, 5) is 24.0. The normalized spacial score (nSPS) is 12.6. The number of carbonyl (C=O) groups excluding carboxylic acids is 1. The standard InChI is InChI=1S/C28H37N5O4SSi/c1-7-37-24-14-20(8-9-22(24)27-29-10-12-38-27)28(35)32(3)17-21-15-30-25(19(2)34)23-16-31-33(26(21)23)18-36-11-13-39(4,5)6/h8-10,12,14-16,19,34H,7,11,13,17-18H2,1-6H3. The van der Waals surface area contributed by atoms with Crippen molar-refractivity contribution in [3.8, 4) is 16.3 Å². The number of carbonyl (C=O) groups is 1. The van der Waals surface area contributed by atoms with Crippen LogP contribution >= 0.6 is 11.3 Å². The molecular weight excluding hydrogens is 530 g/mol. The lowest BCUT2D eigenvalue weighted by atomic mass is 10.1. The topological polar surface area (TPSA) is 103 Å². The highest BCUT2D eigenvalue weighted by Gasteiger charge is 2.21. The number of hydrogen-bond donors (Lipinski definition) is 1. The fourth-order valence-corrected chi connectivity index (χ4v) is 5.70. The third-order valence-electron chi connectivity index (χ3n) is 6.33. The van der Waals surface area contributed by atoms with Gasteiger partial charge in [0.2, 0.25) is 0 Å². The zero-order chi connectivity index (χ0) is 28.2. The van der Waals surface area contributed by atoms with Gasteiger partial charge in [0.25, 0.3) is 5.91 Å². The van der Waals surface area contributed by atoms with Crippen LogP contribution in [0.2, 0.25) is 25.7 Å². The first-order valence-corrected chi connectivity index (χ1v) is 17.7. The number of thiazole rings is 1. The third-order valence-corrected chi connectivity index (χ3v) is 8.84. The van der Waals surface area contributed by atoms with E-state index in [0.29, 0.717) is 36.8 Å². The minimum atomic E-state index is -1.22. The summed E-state index contributed by atoms with van der Waals surface area (Å²) in [6, 6.07) is 6.52. The Bertz CT molecular complexity index is 1420. The van der Waals surface area contributed by atoms with Crippen molar-refractivity contribution < 1.29 is 19.4 Å². The third kappa shape index (κ3) is 6.91. The number of fused-ring (bicyclic) bond motifs is 1. The molecule has 0 bridgehead atoms.